The fourth-order valence-electron chi connectivity index (χ4n) is 3.55. The molecule has 1 unspecified atom stereocenters. The van der Waals surface area contributed by atoms with E-state index in [1.54, 1.807) is 7.11 Å². The van der Waals surface area contributed by atoms with Gasteiger partial charge in [0.15, 0.2) is 0 Å². The summed E-state index contributed by atoms with van der Waals surface area (Å²) in [4.78, 5) is 0. The van der Waals surface area contributed by atoms with Gasteiger partial charge in [0.05, 0.1) is 13.2 Å². The first kappa shape index (κ1) is 15.2. The monoisotopic (exact) mass is 325 g/mol. The molecule has 2 aliphatic rings. The van der Waals surface area contributed by atoms with Crippen molar-refractivity contribution in [3.63, 3.8) is 0 Å². The van der Waals surface area contributed by atoms with E-state index >= 15 is 0 Å². The number of fused-ring (bicyclic) bond motifs is 3. The maximum absolute atomic E-state index is 14.2. The van der Waals surface area contributed by atoms with Crippen molar-refractivity contribution in [2.75, 3.05) is 7.11 Å². The van der Waals surface area contributed by atoms with Crippen molar-refractivity contribution in [2.24, 2.45) is 5.73 Å². The molecule has 4 rings (SSSR count). The number of halogens is 1. The molecule has 1 aliphatic carbocycles. The van der Waals surface area contributed by atoms with Crippen molar-refractivity contribution in [2.45, 2.75) is 31.4 Å². The van der Waals surface area contributed by atoms with Crippen LogP contribution in [-0.2, 0) is 6.42 Å². The first-order valence-electron chi connectivity index (χ1n) is 8.24. The zero-order valence-corrected chi connectivity index (χ0v) is 13.6. The summed E-state index contributed by atoms with van der Waals surface area (Å²) in [5, 5.41) is 2.20. The molecule has 124 valence electrons. The molecule has 2 aromatic carbocycles. The number of ether oxygens (including phenoxy) is 2. The van der Waals surface area contributed by atoms with Crippen molar-refractivity contribution < 1.29 is 13.9 Å². The summed E-state index contributed by atoms with van der Waals surface area (Å²) >= 11 is 0. The molecule has 1 heterocycles. The standard InChI is InChI=1S/C20H20FNO2/c1-23-13-8-6-12-7-9-19-16(15(12)10-13)11-18(22)20(24-19)14-4-2-3-5-17(14)21/h2,4,6-10,18,20H,3,5,11,22H2,1H3/t18-,20?/m0/s1. The van der Waals surface area contributed by atoms with Gasteiger partial charge in [-0.15, -0.1) is 0 Å². The summed E-state index contributed by atoms with van der Waals surface area (Å²) < 4.78 is 25.7. The Balaban J connectivity index is 1.78. The predicted octanol–water partition coefficient (Wildman–Crippen LogP) is 4.05. The average molecular weight is 325 g/mol. The molecular formula is C20H20FNO2. The minimum atomic E-state index is -0.433. The Labute approximate surface area is 140 Å². The fourth-order valence-corrected chi connectivity index (χ4v) is 3.55. The molecule has 0 spiro atoms. The van der Waals surface area contributed by atoms with Gasteiger partial charge in [0.2, 0.25) is 0 Å². The predicted molar refractivity (Wildman–Crippen MR) is 93.1 cm³/mol. The maximum Gasteiger partial charge on any atom is 0.142 e. The van der Waals surface area contributed by atoms with E-state index in [-0.39, 0.29) is 11.9 Å². The topological polar surface area (TPSA) is 44.5 Å². The van der Waals surface area contributed by atoms with Crippen molar-refractivity contribution in [1.29, 1.82) is 0 Å². The Morgan fingerprint density at radius 2 is 2.08 bits per heavy atom. The van der Waals surface area contributed by atoms with E-state index in [9.17, 15) is 4.39 Å². The number of hydrogen-bond donors (Lipinski definition) is 1. The summed E-state index contributed by atoms with van der Waals surface area (Å²) in [5.41, 5.74) is 8.01. The van der Waals surface area contributed by atoms with Crippen LogP contribution in [0.25, 0.3) is 10.8 Å². The Bertz CT molecular complexity index is 856. The van der Waals surface area contributed by atoms with Gasteiger partial charge >= 0.3 is 0 Å². The van der Waals surface area contributed by atoms with Crippen LogP contribution in [-0.4, -0.2) is 19.3 Å². The molecule has 0 saturated heterocycles. The summed E-state index contributed by atoms with van der Waals surface area (Å²) in [6.07, 6.45) is 5.18. The quantitative estimate of drug-likeness (QED) is 0.906. The SMILES string of the molecule is COc1ccc2ccc3c(c2c1)C[C@H](N)C(C1=C(F)CCC=C1)O3. The molecule has 2 N–H and O–H groups in total. The normalized spacial score (nSPS) is 23.1. The van der Waals surface area contributed by atoms with Crippen LogP contribution in [0.1, 0.15) is 18.4 Å². The number of methoxy groups -OCH3 is 1. The third-order valence-corrected chi connectivity index (χ3v) is 4.83. The number of nitrogens with two attached hydrogens (primary N) is 1. The molecule has 0 saturated carbocycles. The van der Waals surface area contributed by atoms with Crippen LogP contribution < -0.4 is 15.2 Å². The highest BCUT2D eigenvalue weighted by atomic mass is 19.1. The molecule has 2 atom stereocenters. The zero-order chi connectivity index (χ0) is 16.7. The van der Waals surface area contributed by atoms with E-state index < -0.39 is 6.10 Å². The molecule has 4 heteroatoms. The van der Waals surface area contributed by atoms with E-state index in [1.165, 1.54) is 0 Å². The lowest BCUT2D eigenvalue weighted by molar-refractivity contribution is 0.184. The minimum absolute atomic E-state index is 0.108. The van der Waals surface area contributed by atoms with Crippen LogP contribution >= 0.6 is 0 Å². The van der Waals surface area contributed by atoms with E-state index in [0.717, 1.165) is 34.3 Å². The highest BCUT2D eigenvalue weighted by Gasteiger charge is 2.32. The lowest BCUT2D eigenvalue weighted by Crippen LogP contribution is -2.45. The van der Waals surface area contributed by atoms with Gasteiger partial charge < -0.3 is 15.2 Å². The second kappa shape index (κ2) is 5.95. The third-order valence-electron chi connectivity index (χ3n) is 4.83. The Morgan fingerprint density at radius 1 is 1.25 bits per heavy atom. The van der Waals surface area contributed by atoms with Crippen LogP contribution in [0.2, 0.25) is 0 Å². The van der Waals surface area contributed by atoms with E-state index in [0.29, 0.717) is 18.4 Å². The smallest absolute Gasteiger partial charge is 0.142 e. The molecule has 0 radical (unpaired) electrons. The second-order valence-electron chi connectivity index (χ2n) is 6.34. The number of hydrogen-bond acceptors (Lipinski definition) is 3. The molecule has 2 aromatic rings. The first-order chi connectivity index (χ1) is 11.7. The van der Waals surface area contributed by atoms with Crippen LogP contribution in [0.15, 0.2) is 53.9 Å². The first-order valence-corrected chi connectivity index (χ1v) is 8.24. The van der Waals surface area contributed by atoms with Crippen molar-refractivity contribution in [3.8, 4) is 11.5 Å². The van der Waals surface area contributed by atoms with Gasteiger partial charge in [-0.05, 0) is 41.8 Å². The minimum Gasteiger partial charge on any atom is -0.497 e. The number of rotatable bonds is 2. The molecule has 3 nitrogen and oxygen atoms in total. The van der Waals surface area contributed by atoms with Gasteiger partial charge in [0, 0.05) is 17.6 Å². The molecular weight excluding hydrogens is 305 g/mol. The summed E-state index contributed by atoms with van der Waals surface area (Å²) in [6, 6.07) is 9.66. The number of benzene rings is 2. The van der Waals surface area contributed by atoms with Gasteiger partial charge in [-0.2, -0.15) is 0 Å². The maximum atomic E-state index is 14.2. The average Bonchev–Trinajstić information content (AvgIpc) is 2.61. The van der Waals surface area contributed by atoms with Crippen LogP contribution in [0, 0.1) is 0 Å². The second-order valence-corrected chi connectivity index (χ2v) is 6.34. The largest absolute Gasteiger partial charge is 0.497 e. The third kappa shape index (κ3) is 2.47. The van der Waals surface area contributed by atoms with E-state index in [2.05, 4.69) is 0 Å². The van der Waals surface area contributed by atoms with E-state index in [4.69, 9.17) is 15.2 Å². The van der Waals surface area contributed by atoms with Crippen LogP contribution in [0.5, 0.6) is 11.5 Å². The molecule has 24 heavy (non-hydrogen) atoms. The van der Waals surface area contributed by atoms with Crippen LogP contribution in [0.4, 0.5) is 4.39 Å². The highest BCUT2D eigenvalue weighted by molar-refractivity contribution is 5.89. The van der Waals surface area contributed by atoms with Gasteiger partial charge in [-0.25, -0.2) is 4.39 Å². The molecule has 0 bridgehead atoms. The van der Waals surface area contributed by atoms with Gasteiger partial charge in [0.1, 0.15) is 23.4 Å². The van der Waals surface area contributed by atoms with E-state index in [1.807, 2.05) is 42.5 Å². The lowest BCUT2D eigenvalue weighted by atomic mass is 9.88. The lowest BCUT2D eigenvalue weighted by Gasteiger charge is -2.33. The molecule has 0 aromatic heterocycles. The number of allylic oxidation sites excluding steroid dienone is 2. The van der Waals surface area contributed by atoms with Crippen molar-refractivity contribution >= 4 is 10.8 Å². The molecule has 0 amide bonds. The Kier molecular flexibility index (Phi) is 3.77. The van der Waals surface area contributed by atoms with Gasteiger partial charge in [-0.3, -0.25) is 0 Å². The molecule has 0 fully saturated rings. The van der Waals surface area contributed by atoms with Crippen molar-refractivity contribution in [3.05, 3.63) is 59.4 Å². The van der Waals surface area contributed by atoms with Gasteiger partial charge in [-0.1, -0.05) is 24.3 Å². The summed E-state index contributed by atoms with van der Waals surface area (Å²) in [6.45, 7) is 0. The van der Waals surface area contributed by atoms with Gasteiger partial charge in [0.25, 0.3) is 0 Å². The fraction of sp³-hybridized carbons (Fsp3) is 0.300. The summed E-state index contributed by atoms with van der Waals surface area (Å²) in [5.74, 6) is 1.47. The van der Waals surface area contributed by atoms with Crippen molar-refractivity contribution in [1.82, 2.24) is 0 Å². The van der Waals surface area contributed by atoms with Crippen LogP contribution in [0.3, 0.4) is 0 Å². The highest BCUT2D eigenvalue weighted by Crippen LogP contribution is 2.38. The Morgan fingerprint density at radius 3 is 2.88 bits per heavy atom. The zero-order valence-electron chi connectivity index (χ0n) is 13.6. The molecule has 1 aliphatic heterocycles. The summed E-state index contributed by atoms with van der Waals surface area (Å²) in [7, 11) is 1.65. The Hall–Kier alpha value is -2.33.